The molecular weight excluding hydrogens is 274 g/mol. The highest BCUT2D eigenvalue weighted by atomic mass is 32.2. The first kappa shape index (κ1) is 14.7. The number of hydrogen-bond acceptors (Lipinski definition) is 2. The van der Waals surface area contributed by atoms with Crippen molar-refractivity contribution in [3.05, 3.63) is 65.2 Å². The minimum Gasteiger partial charge on any atom is -0.323 e. The van der Waals surface area contributed by atoms with Crippen LogP contribution < -0.4 is 5.73 Å². The van der Waals surface area contributed by atoms with Gasteiger partial charge in [0.1, 0.15) is 0 Å². The van der Waals surface area contributed by atoms with E-state index in [9.17, 15) is 0 Å². The van der Waals surface area contributed by atoms with Crippen molar-refractivity contribution < 1.29 is 0 Å². The second kappa shape index (κ2) is 5.51. The lowest BCUT2D eigenvalue weighted by Crippen LogP contribution is -2.18. The Hall–Kier alpha value is -1.25. The van der Waals surface area contributed by atoms with Gasteiger partial charge in [-0.3, -0.25) is 0 Å². The quantitative estimate of drug-likeness (QED) is 0.869. The minimum atomic E-state index is 0.147. The van der Waals surface area contributed by atoms with Crippen LogP contribution in [0.15, 0.2) is 53.4 Å². The van der Waals surface area contributed by atoms with Crippen molar-refractivity contribution in [2.45, 2.75) is 48.8 Å². The lowest BCUT2D eigenvalue weighted by molar-refractivity contribution is 0.589. The van der Waals surface area contributed by atoms with E-state index in [1.54, 1.807) is 0 Å². The number of thioether (sulfide) groups is 1. The molecule has 21 heavy (non-hydrogen) atoms. The fraction of sp³-hybridized carbons (Fsp3) is 0.368. The maximum Gasteiger partial charge on any atom is 0.0425 e. The van der Waals surface area contributed by atoms with Crippen LogP contribution in [-0.4, -0.2) is 5.25 Å². The van der Waals surface area contributed by atoms with Gasteiger partial charge >= 0.3 is 0 Å². The van der Waals surface area contributed by atoms with Gasteiger partial charge in [-0.15, -0.1) is 11.8 Å². The lowest BCUT2D eigenvalue weighted by atomic mass is 9.87. The molecule has 0 aliphatic heterocycles. The Morgan fingerprint density at radius 1 is 1.00 bits per heavy atom. The molecule has 2 heteroatoms. The monoisotopic (exact) mass is 297 g/mol. The summed E-state index contributed by atoms with van der Waals surface area (Å²) in [6.45, 7) is 6.75. The van der Waals surface area contributed by atoms with Gasteiger partial charge in [0.25, 0.3) is 0 Å². The maximum atomic E-state index is 6.42. The standard InChI is InChI=1S/C19H23NS/c1-19(2,3)14-8-10-15(11-9-14)21-17-12-13-6-4-5-7-16(13)18(17)20/h4-11,17-18H,12,20H2,1-3H3. The SMILES string of the molecule is CC(C)(C)c1ccc(SC2Cc3ccccc3C2N)cc1. The molecule has 3 rings (SSSR count). The van der Waals surface area contributed by atoms with Gasteiger partial charge < -0.3 is 5.73 Å². The average molecular weight is 297 g/mol. The van der Waals surface area contributed by atoms with E-state index in [0.29, 0.717) is 5.25 Å². The summed E-state index contributed by atoms with van der Waals surface area (Å²) in [6, 6.07) is 17.7. The normalized spacial score (nSPS) is 21.3. The topological polar surface area (TPSA) is 26.0 Å². The molecule has 2 N–H and O–H groups in total. The molecule has 110 valence electrons. The maximum absolute atomic E-state index is 6.42. The van der Waals surface area contributed by atoms with Crippen LogP contribution in [0.4, 0.5) is 0 Å². The van der Waals surface area contributed by atoms with Crippen molar-refractivity contribution in [1.29, 1.82) is 0 Å². The van der Waals surface area contributed by atoms with Gasteiger partial charge in [-0.1, -0.05) is 57.2 Å². The summed E-state index contributed by atoms with van der Waals surface area (Å²) in [6.07, 6.45) is 1.07. The van der Waals surface area contributed by atoms with Gasteiger partial charge in [0, 0.05) is 16.2 Å². The Bertz CT molecular complexity index is 625. The molecule has 0 spiro atoms. The van der Waals surface area contributed by atoms with Gasteiger partial charge in [0.2, 0.25) is 0 Å². The largest absolute Gasteiger partial charge is 0.323 e. The summed E-state index contributed by atoms with van der Waals surface area (Å²) in [5.41, 5.74) is 10.7. The van der Waals surface area contributed by atoms with E-state index >= 15 is 0 Å². The highest BCUT2D eigenvalue weighted by Crippen LogP contribution is 2.40. The van der Waals surface area contributed by atoms with Crippen LogP contribution in [0.1, 0.15) is 43.5 Å². The molecule has 2 atom stereocenters. The number of rotatable bonds is 2. The van der Waals surface area contributed by atoms with Gasteiger partial charge in [-0.2, -0.15) is 0 Å². The first-order valence-corrected chi connectivity index (χ1v) is 8.44. The van der Waals surface area contributed by atoms with Crippen molar-refractivity contribution in [1.82, 2.24) is 0 Å². The van der Waals surface area contributed by atoms with E-state index in [0.717, 1.165) is 6.42 Å². The highest BCUT2D eigenvalue weighted by molar-refractivity contribution is 8.00. The van der Waals surface area contributed by atoms with E-state index in [-0.39, 0.29) is 11.5 Å². The Kier molecular flexibility index (Phi) is 3.85. The number of hydrogen-bond donors (Lipinski definition) is 1. The van der Waals surface area contributed by atoms with Crippen LogP contribution in [0, 0.1) is 0 Å². The van der Waals surface area contributed by atoms with E-state index < -0.39 is 0 Å². The predicted molar refractivity (Wildman–Crippen MR) is 91.9 cm³/mol. The Labute approximate surface area is 132 Å². The zero-order valence-corrected chi connectivity index (χ0v) is 13.8. The summed E-state index contributed by atoms with van der Waals surface area (Å²) in [4.78, 5) is 1.32. The summed E-state index contributed by atoms with van der Waals surface area (Å²) in [7, 11) is 0. The summed E-state index contributed by atoms with van der Waals surface area (Å²) >= 11 is 1.91. The zero-order chi connectivity index (χ0) is 15.0. The van der Waals surface area contributed by atoms with Crippen LogP contribution in [0.2, 0.25) is 0 Å². The summed E-state index contributed by atoms with van der Waals surface area (Å²) < 4.78 is 0. The molecule has 1 aliphatic rings. The van der Waals surface area contributed by atoms with Gasteiger partial charge in [-0.05, 0) is 40.7 Å². The second-order valence-electron chi connectivity index (χ2n) is 6.86. The number of nitrogens with two attached hydrogens (primary N) is 1. The van der Waals surface area contributed by atoms with Gasteiger partial charge in [0.05, 0.1) is 0 Å². The molecule has 2 aromatic carbocycles. The van der Waals surface area contributed by atoms with Crippen molar-refractivity contribution in [2.24, 2.45) is 5.73 Å². The summed E-state index contributed by atoms with van der Waals surface area (Å²) in [5, 5.41) is 0.447. The number of benzene rings is 2. The molecule has 0 aromatic heterocycles. The fourth-order valence-electron chi connectivity index (χ4n) is 2.91. The molecule has 1 aliphatic carbocycles. The molecular formula is C19H23NS. The lowest BCUT2D eigenvalue weighted by Gasteiger charge is -2.20. The van der Waals surface area contributed by atoms with Crippen molar-refractivity contribution in [3.8, 4) is 0 Å². The Balaban J connectivity index is 1.74. The molecule has 0 saturated heterocycles. The average Bonchev–Trinajstić information content (AvgIpc) is 2.76. The van der Waals surface area contributed by atoms with Gasteiger partial charge in [-0.25, -0.2) is 0 Å². The van der Waals surface area contributed by atoms with Crippen LogP contribution >= 0.6 is 11.8 Å². The molecule has 1 nitrogen and oxygen atoms in total. The van der Waals surface area contributed by atoms with E-state index in [4.69, 9.17) is 5.73 Å². The van der Waals surface area contributed by atoms with E-state index in [1.807, 2.05) is 11.8 Å². The van der Waals surface area contributed by atoms with Crippen LogP contribution in [0.5, 0.6) is 0 Å². The van der Waals surface area contributed by atoms with Crippen molar-refractivity contribution in [2.75, 3.05) is 0 Å². The highest BCUT2D eigenvalue weighted by Gasteiger charge is 2.30. The van der Waals surface area contributed by atoms with Crippen molar-refractivity contribution >= 4 is 11.8 Å². The molecule has 0 saturated carbocycles. The molecule has 2 aromatic rings. The second-order valence-corrected chi connectivity index (χ2v) is 8.17. The first-order chi connectivity index (χ1) is 9.95. The zero-order valence-electron chi connectivity index (χ0n) is 13.0. The molecule has 0 fully saturated rings. The van der Waals surface area contributed by atoms with Crippen LogP contribution in [-0.2, 0) is 11.8 Å². The fourth-order valence-corrected chi connectivity index (χ4v) is 4.11. The van der Waals surface area contributed by atoms with Crippen molar-refractivity contribution in [3.63, 3.8) is 0 Å². The van der Waals surface area contributed by atoms with Crippen LogP contribution in [0.25, 0.3) is 0 Å². The molecule has 2 unspecified atom stereocenters. The molecule has 0 amide bonds. The number of fused-ring (bicyclic) bond motifs is 1. The third-order valence-corrected chi connectivity index (χ3v) is 5.55. The molecule has 0 radical (unpaired) electrons. The predicted octanol–water partition coefficient (Wildman–Crippen LogP) is 4.70. The van der Waals surface area contributed by atoms with Crippen LogP contribution in [0.3, 0.4) is 0 Å². The smallest absolute Gasteiger partial charge is 0.0425 e. The van der Waals surface area contributed by atoms with E-state index in [1.165, 1.54) is 21.6 Å². The third kappa shape index (κ3) is 3.02. The molecule has 0 bridgehead atoms. The van der Waals surface area contributed by atoms with Gasteiger partial charge in [0.15, 0.2) is 0 Å². The summed E-state index contributed by atoms with van der Waals surface area (Å²) in [5.74, 6) is 0. The Morgan fingerprint density at radius 2 is 1.67 bits per heavy atom. The first-order valence-electron chi connectivity index (χ1n) is 7.56. The Morgan fingerprint density at radius 3 is 2.29 bits per heavy atom. The minimum absolute atomic E-state index is 0.147. The van der Waals surface area contributed by atoms with E-state index in [2.05, 4.69) is 69.3 Å². The third-order valence-electron chi connectivity index (χ3n) is 4.24. The molecule has 0 heterocycles.